The van der Waals surface area contributed by atoms with Crippen molar-refractivity contribution in [2.45, 2.75) is 65.6 Å². The molecule has 0 aliphatic carbocycles. The van der Waals surface area contributed by atoms with Crippen LogP contribution in [0.4, 0.5) is 0 Å². The number of esters is 4. The Labute approximate surface area is 189 Å². The van der Waals surface area contributed by atoms with Crippen molar-refractivity contribution in [3.63, 3.8) is 0 Å². The van der Waals surface area contributed by atoms with Crippen LogP contribution in [-0.4, -0.2) is 75.7 Å². The second-order valence-corrected chi connectivity index (χ2v) is 6.76. The van der Waals surface area contributed by atoms with Crippen molar-refractivity contribution < 1.29 is 47.6 Å². The summed E-state index contributed by atoms with van der Waals surface area (Å²) in [6.45, 7) is 8.53. The van der Waals surface area contributed by atoms with Crippen LogP contribution in [0.5, 0.6) is 0 Å². The molecule has 10 nitrogen and oxygen atoms in total. The summed E-state index contributed by atoms with van der Waals surface area (Å²) in [5.41, 5.74) is 0. The van der Waals surface area contributed by atoms with E-state index in [1.807, 2.05) is 13.8 Å². The molecule has 0 heterocycles. The highest BCUT2D eigenvalue weighted by molar-refractivity contribution is 5.93. The molecule has 0 rings (SSSR count). The lowest BCUT2D eigenvalue weighted by Gasteiger charge is -2.12. The summed E-state index contributed by atoms with van der Waals surface area (Å²) in [7, 11) is 0. The van der Waals surface area contributed by atoms with Crippen molar-refractivity contribution in [3.05, 3.63) is 12.2 Å². The van der Waals surface area contributed by atoms with Gasteiger partial charge in [0.15, 0.2) is 12.2 Å². The van der Waals surface area contributed by atoms with Crippen LogP contribution in [0.1, 0.15) is 53.4 Å². The first kappa shape index (κ1) is 29.5. The summed E-state index contributed by atoms with van der Waals surface area (Å²) in [4.78, 5) is 47.0. The maximum Gasteiger partial charge on any atom is 0.347 e. The highest BCUT2D eigenvalue weighted by Gasteiger charge is 2.20. The number of hydrogen-bond donors (Lipinski definition) is 0. The van der Waals surface area contributed by atoms with E-state index in [-0.39, 0.29) is 26.4 Å². The smallest absolute Gasteiger partial charge is 0.347 e. The topological polar surface area (TPSA) is 124 Å². The van der Waals surface area contributed by atoms with E-state index in [2.05, 4.69) is 0 Å². The molecule has 0 aromatic rings. The molecule has 32 heavy (non-hydrogen) atoms. The van der Waals surface area contributed by atoms with E-state index in [4.69, 9.17) is 28.4 Å². The number of unbranched alkanes of at least 4 members (excludes halogenated alkanes) is 2. The second-order valence-electron chi connectivity index (χ2n) is 6.76. The monoisotopic (exact) mass is 460 g/mol. The summed E-state index contributed by atoms with van der Waals surface area (Å²) in [6.07, 6.45) is 3.12. The number of carbonyl (C=O) groups is 4. The first-order valence-electron chi connectivity index (χ1n) is 10.9. The molecule has 0 spiro atoms. The van der Waals surface area contributed by atoms with E-state index < -0.39 is 36.1 Å². The number of carbonyl (C=O) groups excluding carboxylic acids is 4. The van der Waals surface area contributed by atoms with Gasteiger partial charge in [0.25, 0.3) is 0 Å². The summed E-state index contributed by atoms with van der Waals surface area (Å²) in [5.74, 6) is -3.35. The van der Waals surface area contributed by atoms with Gasteiger partial charge >= 0.3 is 23.9 Å². The van der Waals surface area contributed by atoms with Crippen molar-refractivity contribution in [2.75, 3.05) is 39.6 Å². The predicted octanol–water partition coefficient (Wildman–Crippen LogP) is 2.13. The number of rotatable bonds is 18. The minimum absolute atomic E-state index is 0.0471. The van der Waals surface area contributed by atoms with Crippen molar-refractivity contribution in [3.8, 4) is 0 Å². The van der Waals surface area contributed by atoms with Gasteiger partial charge in [-0.2, -0.15) is 0 Å². The van der Waals surface area contributed by atoms with Crippen molar-refractivity contribution >= 4 is 23.9 Å². The SMILES string of the molecule is CCCCOCCOC(=O)C(C)OC(=O)/C=C/C(=O)OC(C)C(=O)OCCOCCCC. The van der Waals surface area contributed by atoms with Crippen LogP contribution < -0.4 is 0 Å². The van der Waals surface area contributed by atoms with Crippen LogP contribution in [-0.2, 0) is 47.6 Å². The molecule has 0 aromatic heterocycles. The Kier molecular flexibility index (Phi) is 17.8. The Morgan fingerprint density at radius 3 is 1.34 bits per heavy atom. The molecule has 10 heteroatoms. The summed E-state index contributed by atoms with van der Waals surface area (Å²) < 4.78 is 30.1. The molecule has 0 saturated carbocycles. The Morgan fingerprint density at radius 1 is 0.625 bits per heavy atom. The highest BCUT2D eigenvalue weighted by Crippen LogP contribution is 2.00. The highest BCUT2D eigenvalue weighted by atomic mass is 16.6. The van der Waals surface area contributed by atoms with Gasteiger partial charge in [-0.1, -0.05) is 26.7 Å². The largest absolute Gasteiger partial charge is 0.461 e. The van der Waals surface area contributed by atoms with Gasteiger partial charge in [-0.05, 0) is 26.7 Å². The van der Waals surface area contributed by atoms with Gasteiger partial charge in [0.05, 0.1) is 13.2 Å². The van der Waals surface area contributed by atoms with Crippen LogP contribution in [0.2, 0.25) is 0 Å². The van der Waals surface area contributed by atoms with Crippen LogP contribution >= 0.6 is 0 Å². The number of ether oxygens (including phenoxy) is 6. The molecular weight excluding hydrogens is 424 g/mol. The minimum atomic E-state index is -1.16. The fourth-order valence-electron chi connectivity index (χ4n) is 1.99. The Morgan fingerprint density at radius 2 is 1.00 bits per heavy atom. The predicted molar refractivity (Wildman–Crippen MR) is 114 cm³/mol. The molecule has 0 aromatic carbocycles. The molecular formula is C22H36O10. The molecule has 0 saturated heterocycles. The molecule has 0 aliphatic heterocycles. The van der Waals surface area contributed by atoms with E-state index >= 15 is 0 Å². The normalized spacial score (nSPS) is 12.8. The third-order valence-electron chi connectivity index (χ3n) is 3.83. The van der Waals surface area contributed by atoms with E-state index in [9.17, 15) is 19.2 Å². The maximum atomic E-state index is 11.8. The molecule has 0 aliphatic rings. The molecule has 2 unspecified atom stereocenters. The van der Waals surface area contributed by atoms with E-state index in [1.54, 1.807) is 0 Å². The van der Waals surface area contributed by atoms with Crippen molar-refractivity contribution in [1.82, 2.24) is 0 Å². The average Bonchev–Trinajstić information content (AvgIpc) is 2.76. The van der Waals surface area contributed by atoms with Gasteiger partial charge in [-0.25, -0.2) is 19.2 Å². The van der Waals surface area contributed by atoms with Crippen LogP contribution in [0.15, 0.2) is 12.2 Å². The average molecular weight is 461 g/mol. The molecule has 184 valence electrons. The third kappa shape index (κ3) is 16.3. The number of hydrogen-bond acceptors (Lipinski definition) is 10. The molecule has 0 amide bonds. The quantitative estimate of drug-likeness (QED) is 0.130. The lowest BCUT2D eigenvalue weighted by molar-refractivity contribution is -0.165. The van der Waals surface area contributed by atoms with Gasteiger partial charge in [-0.3, -0.25) is 0 Å². The molecule has 0 bridgehead atoms. The Balaban J connectivity index is 4.09. The first-order valence-corrected chi connectivity index (χ1v) is 10.9. The molecule has 2 atom stereocenters. The lowest BCUT2D eigenvalue weighted by atomic mass is 10.4. The van der Waals surface area contributed by atoms with Gasteiger partial charge in [-0.15, -0.1) is 0 Å². The summed E-state index contributed by atoms with van der Waals surface area (Å²) in [5, 5.41) is 0. The molecule has 0 N–H and O–H groups in total. The van der Waals surface area contributed by atoms with Crippen molar-refractivity contribution in [1.29, 1.82) is 0 Å². The molecule has 0 fully saturated rings. The maximum absolute atomic E-state index is 11.8. The van der Waals surface area contributed by atoms with Gasteiger partial charge < -0.3 is 28.4 Å². The zero-order valence-electron chi connectivity index (χ0n) is 19.5. The Hall–Kier alpha value is -2.46. The Bertz CT molecular complexity index is 537. The first-order chi connectivity index (χ1) is 15.3. The van der Waals surface area contributed by atoms with Crippen LogP contribution in [0, 0.1) is 0 Å². The van der Waals surface area contributed by atoms with Gasteiger partial charge in [0.1, 0.15) is 13.2 Å². The fraction of sp³-hybridized carbons (Fsp3) is 0.727. The van der Waals surface area contributed by atoms with Crippen LogP contribution in [0.3, 0.4) is 0 Å². The summed E-state index contributed by atoms with van der Waals surface area (Å²) in [6, 6.07) is 0. The van der Waals surface area contributed by atoms with Gasteiger partial charge in [0, 0.05) is 25.4 Å². The van der Waals surface area contributed by atoms with E-state index in [1.165, 1.54) is 13.8 Å². The fourth-order valence-corrected chi connectivity index (χ4v) is 1.99. The minimum Gasteiger partial charge on any atom is -0.461 e. The standard InChI is InChI=1S/C22H36O10/c1-5-7-11-27-13-15-29-21(25)17(3)31-19(23)9-10-20(24)32-18(4)22(26)30-16-14-28-12-8-6-2/h9-10,17-18H,5-8,11-16H2,1-4H3/b10-9+. The van der Waals surface area contributed by atoms with Gasteiger partial charge in [0.2, 0.25) is 0 Å². The zero-order valence-corrected chi connectivity index (χ0v) is 19.5. The molecule has 0 radical (unpaired) electrons. The van der Waals surface area contributed by atoms with Crippen LogP contribution in [0.25, 0.3) is 0 Å². The van der Waals surface area contributed by atoms with E-state index in [0.29, 0.717) is 13.2 Å². The zero-order chi connectivity index (χ0) is 24.2. The second kappa shape index (κ2) is 19.2. The summed E-state index contributed by atoms with van der Waals surface area (Å²) >= 11 is 0. The van der Waals surface area contributed by atoms with E-state index in [0.717, 1.165) is 37.8 Å². The lowest BCUT2D eigenvalue weighted by Crippen LogP contribution is -2.27. The third-order valence-corrected chi connectivity index (χ3v) is 3.83. The van der Waals surface area contributed by atoms with Crippen molar-refractivity contribution in [2.24, 2.45) is 0 Å².